The van der Waals surface area contributed by atoms with Gasteiger partial charge in [-0.3, -0.25) is 9.59 Å². The number of nitrogens with one attached hydrogen (secondary N) is 2. The van der Waals surface area contributed by atoms with Crippen LogP contribution in [0.4, 0.5) is 0 Å². The number of carbonyl (C=O) groups is 2. The summed E-state index contributed by atoms with van der Waals surface area (Å²) in [6.45, 7) is 0.611. The minimum Gasteiger partial charge on any atom is -0.467 e. The molecule has 0 unspecified atom stereocenters. The molecule has 2 amide bonds. The van der Waals surface area contributed by atoms with Crippen LogP contribution in [-0.4, -0.2) is 44.2 Å². The van der Waals surface area contributed by atoms with E-state index in [0.717, 1.165) is 11.3 Å². The lowest BCUT2D eigenvalue weighted by Gasteiger charge is -2.30. The molecule has 3 rings (SSSR count). The fraction of sp³-hybridized carbons (Fsp3) is 0.412. The lowest BCUT2D eigenvalue weighted by Crippen LogP contribution is -2.47. The summed E-state index contributed by atoms with van der Waals surface area (Å²) in [5.41, 5.74) is 0. The van der Waals surface area contributed by atoms with E-state index >= 15 is 0 Å². The number of hydrogen-bond donors (Lipinski definition) is 2. The summed E-state index contributed by atoms with van der Waals surface area (Å²) in [7, 11) is -3.57. The Balaban J connectivity index is 1.49. The van der Waals surface area contributed by atoms with Crippen LogP contribution in [0.3, 0.4) is 0 Å². The molecule has 146 valence electrons. The third kappa shape index (κ3) is 4.96. The second-order valence-electron chi connectivity index (χ2n) is 6.21. The second kappa shape index (κ2) is 8.68. The maximum atomic E-state index is 12.6. The molecule has 2 N–H and O–H groups in total. The van der Waals surface area contributed by atoms with E-state index in [1.54, 1.807) is 29.6 Å². The van der Waals surface area contributed by atoms with E-state index in [1.165, 1.54) is 10.6 Å². The van der Waals surface area contributed by atoms with Crippen LogP contribution in [0.15, 0.2) is 44.5 Å². The van der Waals surface area contributed by atoms with Crippen LogP contribution < -0.4 is 10.6 Å². The first-order valence-electron chi connectivity index (χ1n) is 8.57. The van der Waals surface area contributed by atoms with Gasteiger partial charge in [0, 0.05) is 13.1 Å². The highest BCUT2D eigenvalue weighted by Gasteiger charge is 2.33. The number of piperidine rings is 1. The molecule has 0 aliphatic carbocycles. The Morgan fingerprint density at radius 3 is 2.81 bits per heavy atom. The van der Waals surface area contributed by atoms with E-state index in [1.807, 2.05) is 0 Å². The number of thiophene rings is 1. The number of carbonyl (C=O) groups excluding carboxylic acids is 2. The van der Waals surface area contributed by atoms with Crippen molar-refractivity contribution in [2.24, 2.45) is 5.92 Å². The average Bonchev–Trinajstić information content (AvgIpc) is 3.38. The van der Waals surface area contributed by atoms with Crippen molar-refractivity contribution in [3.05, 3.63) is 41.7 Å². The van der Waals surface area contributed by atoms with Gasteiger partial charge in [-0.2, -0.15) is 4.31 Å². The Kier molecular flexibility index (Phi) is 6.30. The van der Waals surface area contributed by atoms with Crippen molar-refractivity contribution in [3.8, 4) is 0 Å². The smallest absolute Gasteiger partial charge is 0.252 e. The van der Waals surface area contributed by atoms with E-state index in [2.05, 4.69) is 10.6 Å². The number of sulfonamides is 1. The molecular weight excluding hydrogens is 390 g/mol. The highest BCUT2D eigenvalue weighted by molar-refractivity contribution is 7.91. The lowest BCUT2D eigenvalue weighted by molar-refractivity contribution is -0.129. The zero-order valence-corrected chi connectivity index (χ0v) is 16.2. The maximum absolute atomic E-state index is 12.6. The van der Waals surface area contributed by atoms with E-state index in [0.29, 0.717) is 25.1 Å². The molecule has 8 nitrogen and oxygen atoms in total. The van der Waals surface area contributed by atoms with Crippen LogP contribution in [0.1, 0.15) is 18.6 Å². The van der Waals surface area contributed by atoms with Crippen molar-refractivity contribution < 1.29 is 22.4 Å². The summed E-state index contributed by atoms with van der Waals surface area (Å²) in [5, 5.41) is 6.94. The molecule has 0 bridgehead atoms. The summed E-state index contributed by atoms with van der Waals surface area (Å²) < 4.78 is 32.0. The van der Waals surface area contributed by atoms with E-state index in [-0.39, 0.29) is 35.7 Å². The quantitative estimate of drug-likeness (QED) is 0.711. The molecule has 1 saturated heterocycles. The molecule has 0 radical (unpaired) electrons. The second-order valence-corrected chi connectivity index (χ2v) is 9.32. The summed E-state index contributed by atoms with van der Waals surface area (Å²) in [4.78, 5) is 24.2. The number of rotatable bonds is 7. The number of hydrogen-bond acceptors (Lipinski definition) is 6. The zero-order valence-electron chi connectivity index (χ0n) is 14.6. The van der Waals surface area contributed by atoms with E-state index in [9.17, 15) is 18.0 Å². The first kappa shape index (κ1) is 19.6. The van der Waals surface area contributed by atoms with Crippen LogP contribution in [0, 0.1) is 5.92 Å². The van der Waals surface area contributed by atoms with Crippen LogP contribution in [-0.2, 0) is 26.2 Å². The third-order valence-electron chi connectivity index (χ3n) is 4.31. The van der Waals surface area contributed by atoms with Crippen LogP contribution in [0.5, 0.6) is 0 Å². The van der Waals surface area contributed by atoms with Crippen molar-refractivity contribution in [1.82, 2.24) is 14.9 Å². The predicted octanol–water partition coefficient (Wildman–Crippen LogP) is 1.17. The molecule has 0 aromatic carbocycles. The summed E-state index contributed by atoms with van der Waals surface area (Å²) in [6.07, 6.45) is 2.71. The lowest BCUT2D eigenvalue weighted by atomic mass is 9.99. The molecular formula is C17H21N3O5S2. The minimum absolute atomic E-state index is 0.125. The van der Waals surface area contributed by atoms with Crippen molar-refractivity contribution >= 4 is 33.2 Å². The van der Waals surface area contributed by atoms with E-state index < -0.39 is 15.9 Å². The molecule has 0 saturated carbocycles. The number of furan rings is 1. The Hall–Kier alpha value is -2.17. The van der Waals surface area contributed by atoms with Gasteiger partial charge in [-0.05, 0) is 36.4 Å². The normalized spacial score (nSPS) is 18.1. The van der Waals surface area contributed by atoms with Gasteiger partial charge in [-0.15, -0.1) is 11.3 Å². The fourth-order valence-electron chi connectivity index (χ4n) is 2.89. The van der Waals surface area contributed by atoms with Gasteiger partial charge in [0.25, 0.3) is 10.0 Å². The van der Waals surface area contributed by atoms with Gasteiger partial charge in [-0.1, -0.05) is 6.07 Å². The van der Waals surface area contributed by atoms with Gasteiger partial charge in [0.15, 0.2) is 0 Å². The Morgan fingerprint density at radius 2 is 2.11 bits per heavy atom. The fourth-order valence-corrected chi connectivity index (χ4v) is 5.55. The third-order valence-corrected chi connectivity index (χ3v) is 7.55. The van der Waals surface area contributed by atoms with Crippen molar-refractivity contribution in [3.63, 3.8) is 0 Å². The minimum atomic E-state index is -3.57. The molecule has 10 heteroatoms. The molecule has 0 spiro atoms. The predicted molar refractivity (Wildman–Crippen MR) is 99.4 cm³/mol. The van der Waals surface area contributed by atoms with Gasteiger partial charge in [0.1, 0.15) is 9.97 Å². The molecule has 1 atom stereocenters. The first-order chi connectivity index (χ1) is 13.0. The maximum Gasteiger partial charge on any atom is 0.252 e. The molecule has 1 fully saturated rings. The highest BCUT2D eigenvalue weighted by Crippen LogP contribution is 2.26. The Morgan fingerprint density at radius 1 is 1.26 bits per heavy atom. The first-order valence-corrected chi connectivity index (χ1v) is 10.9. The van der Waals surface area contributed by atoms with Crippen LogP contribution >= 0.6 is 11.3 Å². The van der Waals surface area contributed by atoms with Crippen molar-refractivity contribution in [2.75, 3.05) is 19.6 Å². The summed E-state index contributed by atoms with van der Waals surface area (Å²) in [6, 6.07) is 6.71. The molecule has 2 aromatic rings. The average molecular weight is 412 g/mol. The summed E-state index contributed by atoms with van der Waals surface area (Å²) in [5.74, 6) is -0.490. The van der Waals surface area contributed by atoms with Crippen molar-refractivity contribution in [1.29, 1.82) is 0 Å². The number of nitrogens with zero attached hydrogens (tertiary/aromatic N) is 1. The molecule has 27 heavy (non-hydrogen) atoms. The monoisotopic (exact) mass is 411 g/mol. The molecule has 1 aliphatic rings. The van der Waals surface area contributed by atoms with Crippen LogP contribution in [0.2, 0.25) is 0 Å². The highest BCUT2D eigenvalue weighted by atomic mass is 32.2. The largest absolute Gasteiger partial charge is 0.467 e. The topological polar surface area (TPSA) is 109 Å². The van der Waals surface area contributed by atoms with Gasteiger partial charge >= 0.3 is 0 Å². The van der Waals surface area contributed by atoms with Crippen molar-refractivity contribution in [2.45, 2.75) is 23.6 Å². The molecule has 1 aliphatic heterocycles. The summed E-state index contributed by atoms with van der Waals surface area (Å²) >= 11 is 1.16. The zero-order chi connectivity index (χ0) is 19.3. The van der Waals surface area contributed by atoms with Gasteiger partial charge in [-0.25, -0.2) is 8.42 Å². The molecule has 2 aromatic heterocycles. The van der Waals surface area contributed by atoms with E-state index in [4.69, 9.17) is 4.42 Å². The van der Waals surface area contributed by atoms with Gasteiger partial charge in [0.2, 0.25) is 11.8 Å². The Bertz CT molecular complexity index is 863. The standard InChI is InChI=1S/C17H21N3O5S2/c21-15(18-10-14-5-2-8-25-14)11-19-17(22)13-4-1-7-20(12-13)27(23,24)16-6-3-9-26-16/h2-3,5-6,8-9,13H,1,4,7,10-12H2,(H,18,21)(H,19,22)/t13-/m1/s1. The van der Waals surface area contributed by atoms with Gasteiger partial charge in [0.05, 0.1) is 25.3 Å². The SMILES string of the molecule is O=C(CNC(=O)[C@@H]1CCCN(S(=O)(=O)c2cccs2)C1)NCc1ccco1. The van der Waals surface area contributed by atoms with Gasteiger partial charge < -0.3 is 15.1 Å². The van der Waals surface area contributed by atoms with Crippen LogP contribution in [0.25, 0.3) is 0 Å². The molecule has 3 heterocycles. The number of amides is 2. The Labute approximate surface area is 161 Å².